The molecule has 126 valence electrons. The fraction of sp³-hybridized carbons (Fsp3) is 0.278. The van der Waals surface area contributed by atoms with Crippen molar-refractivity contribution in [3.63, 3.8) is 0 Å². The lowest BCUT2D eigenvalue weighted by atomic mass is 10.2. The van der Waals surface area contributed by atoms with Crippen LogP contribution in [0.25, 0.3) is 0 Å². The topological polar surface area (TPSA) is 62.8 Å². The van der Waals surface area contributed by atoms with E-state index in [0.29, 0.717) is 24.7 Å². The first-order chi connectivity index (χ1) is 11.8. The minimum absolute atomic E-state index is 0.288. The summed E-state index contributed by atoms with van der Waals surface area (Å²) in [4.78, 5) is 14.5. The summed E-state index contributed by atoms with van der Waals surface area (Å²) in [6.45, 7) is 3.03. The maximum Gasteiger partial charge on any atom is 0.323 e. The van der Waals surface area contributed by atoms with Crippen LogP contribution in [0.15, 0.2) is 48.5 Å². The SMILES string of the molecule is COc1cccc(NC(=O)Nc2ccccc2N2CCOCC2)c1. The fourth-order valence-corrected chi connectivity index (χ4v) is 2.64. The van der Waals surface area contributed by atoms with Gasteiger partial charge in [-0.15, -0.1) is 0 Å². The molecule has 1 fully saturated rings. The number of amides is 2. The van der Waals surface area contributed by atoms with E-state index in [1.165, 1.54) is 0 Å². The Morgan fingerprint density at radius 2 is 1.88 bits per heavy atom. The third-order valence-electron chi connectivity index (χ3n) is 3.83. The lowest BCUT2D eigenvalue weighted by Gasteiger charge is -2.30. The van der Waals surface area contributed by atoms with E-state index in [9.17, 15) is 4.79 Å². The van der Waals surface area contributed by atoms with E-state index < -0.39 is 0 Å². The molecule has 2 aromatic rings. The zero-order valence-electron chi connectivity index (χ0n) is 13.6. The Morgan fingerprint density at radius 1 is 1.08 bits per heavy atom. The summed E-state index contributed by atoms with van der Waals surface area (Å²) in [5.41, 5.74) is 2.46. The number of carbonyl (C=O) groups is 1. The molecule has 0 saturated carbocycles. The Bertz CT molecular complexity index is 699. The monoisotopic (exact) mass is 327 g/mol. The minimum atomic E-state index is -0.288. The number of urea groups is 1. The van der Waals surface area contributed by atoms with E-state index in [-0.39, 0.29) is 6.03 Å². The van der Waals surface area contributed by atoms with Crippen LogP contribution in [0.3, 0.4) is 0 Å². The summed E-state index contributed by atoms with van der Waals surface area (Å²) < 4.78 is 10.6. The van der Waals surface area contributed by atoms with Crippen LogP contribution in [0.1, 0.15) is 0 Å². The molecule has 1 heterocycles. The zero-order chi connectivity index (χ0) is 16.8. The van der Waals surface area contributed by atoms with Crippen molar-refractivity contribution in [2.75, 3.05) is 48.9 Å². The number of hydrogen-bond donors (Lipinski definition) is 2. The number of hydrogen-bond acceptors (Lipinski definition) is 4. The zero-order valence-corrected chi connectivity index (χ0v) is 13.6. The third-order valence-corrected chi connectivity index (χ3v) is 3.83. The maximum absolute atomic E-state index is 12.3. The van der Waals surface area contributed by atoms with E-state index in [4.69, 9.17) is 9.47 Å². The molecule has 0 aliphatic carbocycles. The van der Waals surface area contributed by atoms with Crippen LogP contribution in [0.2, 0.25) is 0 Å². The summed E-state index contributed by atoms with van der Waals surface area (Å²) in [5.74, 6) is 0.696. The average molecular weight is 327 g/mol. The molecule has 3 rings (SSSR count). The van der Waals surface area contributed by atoms with Gasteiger partial charge in [-0.05, 0) is 24.3 Å². The van der Waals surface area contributed by atoms with Gasteiger partial charge in [-0.2, -0.15) is 0 Å². The molecule has 1 aliphatic heterocycles. The molecule has 0 radical (unpaired) electrons. The Labute approximate surface area is 141 Å². The van der Waals surface area contributed by atoms with Crippen LogP contribution < -0.4 is 20.3 Å². The molecule has 2 N–H and O–H groups in total. The molecule has 1 saturated heterocycles. The van der Waals surface area contributed by atoms with Crippen molar-refractivity contribution in [2.45, 2.75) is 0 Å². The van der Waals surface area contributed by atoms with Crippen LogP contribution in [0.4, 0.5) is 21.9 Å². The summed E-state index contributed by atoms with van der Waals surface area (Å²) >= 11 is 0. The molecule has 0 spiro atoms. The first-order valence-electron chi connectivity index (χ1n) is 7.90. The van der Waals surface area contributed by atoms with Crippen LogP contribution in [-0.4, -0.2) is 39.4 Å². The second-order valence-electron chi connectivity index (χ2n) is 5.43. The molecule has 1 aliphatic rings. The van der Waals surface area contributed by atoms with Crippen molar-refractivity contribution in [1.82, 2.24) is 0 Å². The lowest BCUT2D eigenvalue weighted by Crippen LogP contribution is -2.36. The summed E-state index contributed by atoms with van der Waals surface area (Å²) in [7, 11) is 1.60. The minimum Gasteiger partial charge on any atom is -0.497 e. The van der Waals surface area contributed by atoms with Gasteiger partial charge in [0.25, 0.3) is 0 Å². The Balaban J connectivity index is 1.70. The Kier molecular flexibility index (Phi) is 5.18. The van der Waals surface area contributed by atoms with Gasteiger partial charge in [-0.1, -0.05) is 18.2 Å². The van der Waals surface area contributed by atoms with E-state index in [0.717, 1.165) is 24.5 Å². The van der Waals surface area contributed by atoms with Gasteiger partial charge in [0.1, 0.15) is 5.75 Å². The molecular weight excluding hydrogens is 306 g/mol. The van der Waals surface area contributed by atoms with Crippen molar-refractivity contribution >= 4 is 23.1 Å². The second kappa shape index (κ2) is 7.70. The van der Waals surface area contributed by atoms with E-state index in [1.54, 1.807) is 13.2 Å². The van der Waals surface area contributed by atoms with Gasteiger partial charge < -0.3 is 25.0 Å². The standard InChI is InChI=1S/C18H21N3O3/c1-23-15-6-4-5-14(13-15)19-18(22)20-16-7-2-3-8-17(16)21-9-11-24-12-10-21/h2-8,13H,9-12H2,1H3,(H2,19,20,22). The predicted octanol–water partition coefficient (Wildman–Crippen LogP) is 3.18. The predicted molar refractivity (Wildman–Crippen MR) is 95.1 cm³/mol. The highest BCUT2D eigenvalue weighted by Gasteiger charge is 2.15. The van der Waals surface area contributed by atoms with Crippen molar-refractivity contribution in [2.24, 2.45) is 0 Å². The molecule has 6 nitrogen and oxygen atoms in total. The Morgan fingerprint density at radius 3 is 2.67 bits per heavy atom. The van der Waals surface area contributed by atoms with Crippen LogP contribution >= 0.6 is 0 Å². The first kappa shape index (κ1) is 16.1. The van der Waals surface area contributed by atoms with Gasteiger partial charge in [0.15, 0.2) is 0 Å². The first-order valence-corrected chi connectivity index (χ1v) is 7.90. The number of nitrogens with zero attached hydrogens (tertiary/aromatic N) is 1. The fourth-order valence-electron chi connectivity index (χ4n) is 2.64. The number of ether oxygens (including phenoxy) is 2. The van der Waals surface area contributed by atoms with E-state index in [1.807, 2.05) is 42.5 Å². The summed E-state index contributed by atoms with van der Waals surface area (Å²) in [6.07, 6.45) is 0. The van der Waals surface area contributed by atoms with Gasteiger partial charge in [0, 0.05) is 24.8 Å². The largest absolute Gasteiger partial charge is 0.497 e. The van der Waals surface area contributed by atoms with Crippen LogP contribution in [0, 0.1) is 0 Å². The number of benzene rings is 2. The number of anilines is 3. The van der Waals surface area contributed by atoms with Gasteiger partial charge >= 0.3 is 6.03 Å². The number of para-hydroxylation sites is 2. The number of rotatable bonds is 4. The van der Waals surface area contributed by atoms with E-state index >= 15 is 0 Å². The molecule has 0 bridgehead atoms. The van der Waals surface area contributed by atoms with Crippen molar-refractivity contribution in [1.29, 1.82) is 0 Å². The highest BCUT2D eigenvalue weighted by molar-refractivity contribution is 6.01. The van der Waals surface area contributed by atoms with Crippen LogP contribution in [0.5, 0.6) is 5.75 Å². The van der Waals surface area contributed by atoms with Gasteiger partial charge in [0.05, 0.1) is 31.7 Å². The average Bonchev–Trinajstić information content (AvgIpc) is 2.63. The highest BCUT2D eigenvalue weighted by Crippen LogP contribution is 2.26. The Hall–Kier alpha value is -2.73. The smallest absolute Gasteiger partial charge is 0.323 e. The summed E-state index contributed by atoms with van der Waals surface area (Å²) in [5, 5.41) is 5.74. The molecule has 0 aromatic heterocycles. The lowest BCUT2D eigenvalue weighted by molar-refractivity contribution is 0.123. The molecule has 0 unspecified atom stereocenters. The van der Waals surface area contributed by atoms with Crippen molar-refractivity contribution in [3.05, 3.63) is 48.5 Å². The second-order valence-corrected chi connectivity index (χ2v) is 5.43. The molecule has 2 aromatic carbocycles. The summed E-state index contributed by atoms with van der Waals surface area (Å²) in [6, 6.07) is 14.7. The number of methoxy groups -OCH3 is 1. The number of morpholine rings is 1. The maximum atomic E-state index is 12.3. The van der Waals surface area contributed by atoms with Crippen molar-refractivity contribution in [3.8, 4) is 5.75 Å². The number of carbonyl (C=O) groups excluding carboxylic acids is 1. The molecule has 2 amide bonds. The molecule has 6 heteroatoms. The van der Waals surface area contributed by atoms with Crippen LogP contribution in [-0.2, 0) is 4.74 Å². The third kappa shape index (κ3) is 3.97. The van der Waals surface area contributed by atoms with Gasteiger partial charge in [0.2, 0.25) is 0 Å². The normalized spacial score (nSPS) is 14.1. The molecule has 0 atom stereocenters. The molecule has 24 heavy (non-hydrogen) atoms. The number of nitrogens with one attached hydrogen (secondary N) is 2. The quantitative estimate of drug-likeness (QED) is 0.905. The van der Waals surface area contributed by atoms with Crippen molar-refractivity contribution < 1.29 is 14.3 Å². The van der Waals surface area contributed by atoms with Gasteiger partial charge in [-0.25, -0.2) is 4.79 Å². The molecular formula is C18H21N3O3. The highest BCUT2D eigenvalue weighted by atomic mass is 16.5. The van der Waals surface area contributed by atoms with E-state index in [2.05, 4.69) is 15.5 Å². The van der Waals surface area contributed by atoms with Gasteiger partial charge in [-0.3, -0.25) is 0 Å².